The van der Waals surface area contributed by atoms with Gasteiger partial charge < -0.3 is 0 Å². The van der Waals surface area contributed by atoms with Crippen molar-refractivity contribution in [2.75, 3.05) is 0 Å². The minimum Gasteiger partial charge on any atom is -0.206 e. The lowest BCUT2D eigenvalue weighted by Crippen LogP contribution is -1.98. The summed E-state index contributed by atoms with van der Waals surface area (Å²) in [6.07, 6.45) is 0. The third-order valence-electron chi connectivity index (χ3n) is 5.61. The van der Waals surface area contributed by atoms with E-state index in [4.69, 9.17) is 0 Å². The van der Waals surface area contributed by atoms with Gasteiger partial charge in [0.05, 0.1) is 0 Å². The van der Waals surface area contributed by atoms with E-state index in [1.807, 2.05) is 0 Å². The first-order chi connectivity index (χ1) is 16.2. The standard InChI is InChI=1S/C26H10F8/c27-16-5-4-11(6-18(16)29)23-13-2-1-3-17(28)25(13)24(12-7-21(32)26(34)22(33)8-12)15-10-20(31)19(30)9-14(15)23/h1-10H. The van der Waals surface area contributed by atoms with Gasteiger partial charge >= 0.3 is 0 Å². The Kier molecular flexibility index (Phi) is 5.04. The van der Waals surface area contributed by atoms with Gasteiger partial charge in [-0.05, 0) is 75.3 Å². The van der Waals surface area contributed by atoms with Crippen LogP contribution in [0.15, 0.2) is 60.7 Å². The summed E-state index contributed by atoms with van der Waals surface area (Å²) in [5.74, 6) is -10.8. The smallest absolute Gasteiger partial charge is 0.194 e. The third-order valence-corrected chi connectivity index (χ3v) is 5.61. The van der Waals surface area contributed by atoms with Crippen molar-refractivity contribution in [1.29, 1.82) is 0 Å². The molecule has 8 heteroatoms. The van der Waals surface area contributed by atoms with Crippen LogP contribution in [0.2, 0.25) is 0 Å². The van der Waals surface area contributed by atoms with Crippen molar-refractivity contribution in [2.24, 2.45) is 0 Å². The molecule has 0 aromatic heterocycles. The van der Waals surface area contributed by atoms with Gasteiger partial charge in [0.15, 0.2) is 40.7 Å². The Hall–Kier alpha value is -3.94. The van der Waals surface area contributed by atoms with Gasteiger partial charge in [0, 0.05) is 10.9 Å². The summed E-state index contributed by atoms with van der Waals surface area (Å²) in [5, 5.41) is -0.458. The highest BCUT2D eigenvalue weighted by Gasteiger charge is 2.23. The fourth-order valence-electron chi connectivity index (χ4n) is 4.19. The van der Waals surface area contributed by atoms with Crippen LogP contribution >= 0.6 is 0 Å². The van der Waals surface area contributed by atoms with Crippen LogP contribution in [0.5, 0.6) is 0 Å². The van der Waals surface area contributed by atoms with E-state index in [-0.39, 0.29) is 43.8 Å². The van der Waals surface area contributed by atoms with Crippen LogP contribution in [0.4, 0.5) is 35.1 Å². The first-order valence-corrected chi connectivity index (χ1v) is 9.80. The Balaban J connectivity index is 2.06. The molecule has 0 aliphatic rings. The Morgan fingerprint density at radius 1 is 0.382 bits per heavy atom. The molecule has 34 heavy (non-hydrogen) atoms. The molecule has 5 rings (SSSR count). The molecule has 0 bridgehead atoms. The summed E-state index contributed by atoms with van der Waals surface area (Å²) < 4.78 is 113. The van der Waals surface area contributed by atoms with E-state index in [2.05, 4.69) is 0 Å². The number of benzene rings is 5. The number of rotatable bonds is 2. The van der Waals surface area contributed by atoms with Crippen molar-refractivity contribution in [3.8, 4) is 22.3 Å². The average Bonchev–Trinajstić information content (AvgIpc) is 2.79. The number of fused-ring (bicyclic) bond motifs is 2. The molecule has 0 heterocycles. The van der Waals surface area contributed by atoms with Gasteiger partial charge in [0.1, 0.15) is 5.82 Å². The Labute approximate surface area is 186 Å². The Morgan fingerprint density at radius 3 is 1.56 bits per heavy atom. The zero-order valence-corrected chi connectivity index (χ0v) is 16.8. The molecule has 0 radical (unpaired) electrons. The molecule has 0 saturated heterocycles. The highest BCUT2D eigenvalue weighted by Crippen LogP contribution is 2.45. The maximum absolute atomic E-state index is 15.2. The fourth-order valence-corrected chi connectivity index (χ4v) is 4.19. The topological polar surface area (TPSA) is 0 Å². The van der Waals surface area contributed by atoms with Gasteiger partial charge in [0.2, 0.25) is 0 Å². The van der Waals surface area contributed by atoms with E-state index in [1.54, 1.807) is 0 Å². The van der Waals surface area contributed by atoms with E-state index >= 15 is 4.39 Å². The zero-order valence-electron chi connectivity index (χ0n) is 16.8. The van der Waals surface area contributed by atoms with Gasteiger partial charge in [-0.2, -0.15) is 0 Å². The summed E-state index contributed by atoms with van der Waals surface area (Å²) in [6, 6.07) is 9.21. The molecule has 0 unspecified atom stereocenters. The SMILES string of the molecule is Fc1ccc(-c2c3cc(F)c(F)cc3c(-c3cc(F)c(F)c(F)c3)c3c(F)cccc23)cc1F. The number of hydrogen-bond donors (Lipinski definition) is 0. The molecule has 0 amide bonds. The van der Waals surface area contributed by atoms with Crippen molar-refractivity contribution in [1.82, 2.24) is 0 Å². The van der Waals surface area contributed by atoms with Crippen LogP contribution in [-0.2, 0) is 0 Å². The van der Waals surface area contributed by atoms with Crippen LogP contribution < -0.4 is 0 Å². The maximum Gasteiger partial charge on any atom is 0.194 e. The zero-order chi connectivity index (χ0) is 24.3. The first-order valence-electron chi connectivity index (χ1n) is 9.80. The van der Waals surface area contributed by atoms with Gasteiger partial charge in [-0.1, -0.05) is 18.2 Å². The van der Waals surface area contributed by atoms with E-state index in [1.165, 1.54) is 18.2 Å². The lowest BCUT2D eigenvalue weighted by Gasteiger charge is -2.19. The molecule has 5 aromatic rings. The maximum atomic E-state index is 15.2. The quantitative estimate of drug-likeness (QED) is 0.137. The molecule has 0 atom stereocenters. The summed E-state index contributed by atoms with van der Waals surface area (Å²) in [4.78, 5) is 0. The second-order valence-electron chi connectivity index (χ2n) is 7.61. The van der Waals surface area contributed by atoms with E-state index < -0.39 is 46.5 Å². The van der Waals surface area contributed by atoms with Gasteiger partial charge in [-0.3, -0.25) is 0 Å². The van der Waals surface area contributed by atoms with Crippen LogP contribution in [0.1, 0.15) is 0 Å². The summed E-state index contributed by atoms with van der Waals surface area (Å²) in [6.45, 7) is 0. The predicted molar refractivity (Wildman–Crippen MR) is 112 cm³/mol. The summed E-state index contributed by atoms with van der Waals surface area (Å²) in [7, 11) is 0. The molecule has 0 aliphatic heterocycles. The van der Waals surface area contributed by atoms with Crippen LogP contribution in [-0.4, -0.2) is 0 Å². The molecule has 0 aliphatic carbocycles. The molecule has 0 nitrogen and oxygen atoms in total. The van der Waals surface area contributed by atoms with E-state index in [9.17, 15) is 30.7 Å². The third kappa shape index (κ3) is 3.29. The highest BCUT2D eigenvalue weighted by atomic mass is 19.2. The minimum absolute atomic E-state index is 0.0218. The second-order valence-corrected chi connectivity index (χ2v) is 7.61. The average molecular weight is 474 g/mol. The molecular formula is C26H10F8. The molecule has 170 valence electrons. The van der Waals surface area contributed by atoms with Crippen molar-refractivity contribution >= 4 is 21.5 Å². The van der Waals surface area contributed by atoms with Crippen molar-refractivity contribution in [3.05, 3.63) is 107 Å². The monoisotopic (exact) mass is 474 g/mol. The second kappa shape index (κ2) is 7.83. The van der Waals surface area contributed by atoms with Crippen molar-refractivity contribution in [2.45, 2.75) is 0 Å². The lowest BCUT2D eigenvalue weighted by molar-refractivity contribution is 0.448. The minimum atomic E-state index is -1.76. The molecule has 0 saturated carbocycles. The molecule has 0 N–H and O–H groups in total. The number of halogens is 8. The van der Waals surface area contributed by atoms with Crippen LogP contribution in [0, 0.1) is 46.5 Å². The molecule has 0 spiro atoms. The van der Waals surface area contributed by atoms with Crippen molar-refractivity contribution in [3.63, 3.8) is 0 Å². The summed E-state index contributed by atoms with van der Waals surface area (Å²) >= 11 is 0. The van der Waals surface area contributed by atoms with Gasteiger partial charge in [0.25, 0.3) is 0 Å². The number of hydrogen-bond acceptors (Lipinski definition) is 0. The molecular weight excluding hydrogens is 464 g/mol. The lowest BCUT2D eigenvalue weighted by atomic mass is 9.85. The van der Waals surface area contributed by atoms with Crippen LogP contribution in [0.25, 0.3) is 43.8 Å². The first kappa shape index (κ1) is 21.9. The van der Waals surface area contributed by atoms with E-state index in [0.717, 1.165) is 24.3 Å². The van der Waals surface area contributed by atoms with Gasteiger partial charge in [-0.25, -0.2) is 35.1 Å². The normalized spacial score (nSPS) is 11.5. The Morgan fingerprint density at radius 2 is 0.941 bits per heavy atom. The molecule has 5 aromatic carbocycles. The predicted octanol–water partition coefficient (Wildman–Crippen LogP) is 8.44. The summed E-state index contributed by atoms with van der Waals surface area (Å²) in [5.41, 5.74) is -0.506. The molecule has 0 fully saturated rings. The van der Waals surface area contributed by atoms with E-state index in [0.29, 0.717) is 18.2 Å². The fraction of sp³-hybridized carbons (Fsp3) is 0. The largest absolute Gasteiger partial charge is 0.206 e. The van der Waals surface area contributed by atoms with Gasteiger partial charge in [-0.15, -0.1) is 0 Å². The highest BCUT2D eigenvalue weighted by molar-refractivity contribution is 6.21. The van der Waals surface area contributed by atoms with Crippen molar-refractivity contribution < 1.29 is 35.1 Å². The van der Waals surface area contributed by atoms with Crippen LogP contribution in [0.3, 0.4) is 0 Å². The Bertz CT molecular complexity index is 1620.